The van der Waals surface area contributed by atoms with Crippen LogP contribution in [0.4, 0.5) is 0 Å². The van der Waals surface area contributed by atoms with Crippen molar-refractivity contribution >= 4 is 5.91 Å². The molecule has 0 N–H and O–H groups in total. The Kier molecular flexibility index (Phi) is 4.39. The highest BCUT2D eigenvalue weighted by Crippen LogP contribution is 2.29. The predicted octanol–water partition coefficient (Wildman–Crippen LogP) is 2.93. The molecule has 0 unspecified atom stereocenters. The van der Waals surface area contributed by atoms with Crippen molar-refractivity contribution in [1.82, 2.24) is 19.4 Å². The van der Waals surface area contributed by atoms with Gasteiger partial charge in [0.1, 0.15) is 24.2 Å². The number of rotatable bonds is 5. The maximum Gasteiger partial charge on any atom is 0.245 e. The van der Waals surface area contributed by atoms with Crippen molar-refractivity contribution in [2.24, 2.45) is 0 Å². The van der Waals surface area contributed by atoms with Gasteiger partial charge in [0, 0.05) is 37.7 Å². The van der Waals surface area contributed by atoms with Crippen LogP contribution in [0.1, 0.15) is 18.2 Å². The fraction of sp³-hybridized carbons (Fsp3) is 0.250. The molecule has 132 valence electrons. The first kappa shape index (κ1) is 16.3. The Labute approximate surface area is 152 Å². The summed E-state index contributed by atoms with van der Waals surface area (Å²) in [4.78, 5) is 22.9. The number of pyridine rings is 1. The molecule has 6 nitrogen and oxygen atoms in total. The number of carbonyl (C=O) groups is 1. The molecule has 1 fully saturated rings. The van der Waals surface area contributed by atoms with E-state index < -0.39 is 0 Å². The molecule has 0 bridgehead atoms. The number of imidazole rings is 1. The van der Waals surface area contributed by atoms with E-state index in [0.717, 1.165) is 35.8 Å². The van der Waals surface area contributed by atoms with Gasteiger partial charge in [0.2, 0.25) is 5.91 Å². The van der Waals surface area contributed by atoms with Crippen molar-refractivity contribution in [3.05, 3.63) is 66.7 Å². The topological polar surface area (TPSA) is 60.3 Å². The second kappa shape index (κ2) is 7.00. The predicted molar refractivity (Wildman–Crippen MR) is 97.5 cm³/mol. The van der Waals surface area contributed by atoms with Crippen molar-refractivity contribution < 1.29 is 9.53 Å². The molecule has 0 spiro atoms. The van der Waals surface area contributed by atoms with E-state index in [9.17, 15) is 4.79 Å². The highest BCUT2D eigenvalue weighted by atomic mass is 16.5. The Bertz CT molecular complexity index is 907. The lowest BCUT2D eigenvalue weighted by Gasteiger charge is -2.15. The molecule has 1 aliphatic rings. The van der Waals surface area contributed by atoms with Gasteiger partial charge in [-0.3, -0.25) is 9.78 Å². The summed E-state index contributed by atoms with van der Waals surface area (Å²) in [6, 6.07) is 13.3. The highest BCUT2D eigenvalue weighted by molar-refractivity contribution is 5.83. The zero-order valence-corrected chi connectivity index (χ0v) is 14.6. The summed E-state index contributed by atoms with van der Waals surface area (Å²) in [6.07, 6.45) is 6.16. The maximum atomic E-state index is 12.4. The number of amides is 1. The first-order valence-electron chi connectivity index (χ1n) is 8.63. The number of carbonyl (C=O) groups excluding carboxylic acids is 1. The number of hydrogen-bond acceptors (Lipinski definition) is 4. The van der Waals surface area contributed by atoms with Gasteiger partial charge in [0.15, 0.2) is 0 Å². The molecular weight excluding hydrogens is 328 g/mol. The molecule has 1 amide bonds. The van der Waals surface area contributed by atoms with E-state index in [-0.39, 0.29) is 11.9 Å². The van der Waals surface area contributed by atoms with Gasteiger partial charge in [-0.2, -0.15) is 0 Å². The van der Waals surface area contributed by atoms with Crippen molar-refractivity contribution in [3.63, 3.8) is 0 Å². The Morgan fingerprint density at radius 3 is 2.85 bits per heavy atom. The minimum Gasteiger partial charge on any atom is -0.487 e. The number of nitrogens with zero attached hydrogens (tertiary/aromatic N) is 4. The third-order valence-corrected chi connectivity index (χ3v) is 4.61. The van der Waals surface area contributed by atoms with E-state index in [1.165, 1.54) is 0 Å². The average molecular weight is 348 g/mol. The van der Waals surface area contributed by atoms with E-state index >= 15 is 0 Å². The molecule has 1 atom stereocenters. The Hall–Kier alpha value is -3.15. The molecule has 4 rings (SSSR count). The fourth-order valence-electron chi connectivity index (χ4n) is 3.22. The van der Waals surface area contributed by atoms with Gasteiger partial charge in [-0.05, 0) is 30.7 Å². The van der Waals surface area contributed by atoms with E-state index in [1.54, 1.807) is 17.3 Å². The van der Waals surface area contributed by atoms with Crippen LogP contribution >= 0.6 is 0 Å². The van der Waals surface area contributed by atoms with Gasteiger partial charge < -0.3 is 14.2 Å². The third kappa shape index (κ3) is 3.18. The van der Waals surface area contributed by atoms with Crippen molar-refractivity contribution in [2.75, 3.05) is 13.6 Å². The van der Waals surface area contributed by atoms with E-state index in [1.807, 2.05) is 60.3 Å². The van der Waals surface area contributed by atoms with Crippen molar-refractivity contribution in [1.29, 1.82) is 0 Å². The molecule has 1 saturated heterocycles. The zero-order valence-electron chi connectivity index (χ0n) is 14.6. The monoisotopic (exact) mass is 348 g/mol. The van der Waals surface area contributed by atoms with Crippen LogP contribution in [-0.4, -0.2) is 38.9 Å². The number of likely N-dealkylation sites (tertiary alicyclic amines) is 1. The molecule has 3 aromatic rings. The normalized spacial score (nSPS) is 16.9. The number of hydrogen-bond donors (Lipinski definition) is 0. The SMILES string of the molecule is CN1CC[C@H](n2ccnc2-c2cccc(OCc3ccccn3)c2)C1=O. The summed E-state index contributed by atoms with van der Waals surface area (Å²) >= 11 is 0. The summed E-state index contributed by atoms with van der Waals surface area (Å²) in [5, 5.41) is 0. The molecule has 0 aliphatic carbocycles. The number of likely N-dealkylation sites (N-methyl/N-ethyl adjacent to an activating group) is 1. The van der Waals surface area contributed by atoms with E-state index in [2.05, 4.69) is 9.97 Å². The standard InChI is InChI=1S/C20H20N4O2/c1-23-11-8-18(20(23)25)24-12-10-22-19(24)15-5-4-7-17(13-15)26-14-16-6-2-3-9-21-16/h2-7,9-10,12-13,18H,8,11,14H2,1H3/t18-/m0/s1. The van der Waals surface area contributed by atoms with Crippen molar-refractivity contribution in [2.45, 2.75) is 19.1 Å². The van der Waals surface area contributed by atoms with Gasteiger partial charge >= 0.3 is 0 Å². The van der Waals surface area contributed by atoms with Crippen LogP contribution in [0, 0.1) is 0 Å². The summed E-state index contributed by atoms with van der Waals surface area (Å²) < 4.78 is 7.82. The fourth-order valence-corrected chi connectivity index (χ4v) is 3.22. The van der Waals surface area contributed by atoms with Gasteiger partial charge in [-0.15, -0.1) is 0 Å². The first-order chi connectivity index (χ1) is 12.7. The minimum absolute atomic E-state index is 0.131. The molecule has 0 radical (unpaired) electrons. The van der Waals surface area contributed by atoms with Gasteiger partial charge in [0.25, 0.3) is 0 Å². The zero-order chi connectivity index (χ0) is 17.9. The molecule has 1 aromatic carbocycles. The van der Waals surface area contributed by atoms with Crippen LogP contribution < -0.4 is 4.74 Å². The van der Waals surface area contributed by atoms with Crippen LogP contribution in [-0.2, 0) is 11.4 Å². The van der Waals surface area contributed by atoms with Crippen LogP contribution in [0.3, 0.4) is 0 Å². The molecule has 3 heterocycles. The number of ether oxygens (including phenoxy) is 1. The maximum absolute atomic E-state index is 12.4. The van der Waals surface area contributed by atoms with Crippen molar-refractivity contribution in [3.8, 4) is 17.1 Å². The second-order valence-corrected chi connectivity index (χ2v) is 6.36. The van der Waals surface area contributed by atoms with E-state index in [4.69, 9.17) is 4.74 Å². The van der Waals surface area contributed by atoms with Crippen LogP contribution in [0.2, 0.25) is 0 Å². The second-order valence-electron chi connectivity index (χ2n) is 6.36. The van der Waals surface area contributed by atoms with Crippen LogP contribution in [0.25, 0.3) is 11.4 Å². The molecule has 6 heteroatoms. The number of aromatic nitrogens is 3. The van der Waals surface area contributed by atoms with E-state index in [0.29, 0.717) is 6.61 Å². The number of benzene rings is 1. The Morgan fingerprint density at radius 2 is 2.08 bits per heavy atom. The molecule has 26 heavy (non-hydrogen) atoms. The van der Waals surface area contributed by atoms with Gasteiger partial charge in [-0.1, -0.05) is 18.2 Å². The Morgan fingerprint density at radius 1 is 1.15 bits per heavy atom. The quantitative estimate of drug-likeness (QED) is 0.711. The molecular formula is C20H20N4O2. The first-order valence-corrected chi connectivity index (χ1v) is 8.63. The summed E-state index contributed by atoms with van der Waals surface area (Å²) in [6.45, 7) is 1.18. The highest BCUT2D eigenvalue weighted by Gasteiger charge is 2.31. The molecule has 1 aliphatic heterocycles. The molecule has 0 saturated carbocycles. The summed E-state index contributed by atoms with van der Waals surface area (Å²) in [7, 11) is 1.84. The van der Waals surface area contributed by atoms with Crippen LogP contribution in [0.15, 0.2) is 61.1 Å². The van der Waals surface area contributed by atoms with Gasteiger partial charge in [-0.25, -0.2) is 4.98 Å². The summed E-state index contributed by atoms with van der Waals surface area (Å²) in [5.41, 5.74) is 1.80. The average Bonchev–Trinajstić information content (AvgIpc) is 3.28. The molecule has 2 aromatic heterocycles. The third-order valence-electron chi connectivity index (χ3n) is 4.61. The lowest BCUT2D eigenvalue weighted by molar-refractivity contribution is -0.129. The summed E-state index contributed by atoms with van der Waals surface area (Å²) in [5.74, 6) is 1.66. The lowest BCUT2D eigenvalue weighted by Crippen LogP contribution is -2.24. The largest absolute Gasteiger partial charge is 0.487 e. The van der Waals surface area contributed by atoms with Gasteiger partial charge in [0.05, 0.1) is 5.69 Å². The smallest absolute Gasteiger partial charge is 0.245 e. The Balaban J connectivity index is 1.56. The lowest BCUT2D eigenvalue weighted by atomic mass is 10.1. The van der Waals surface area contributed by atoms with Crippen LogP contribution in [0.5, 0.6) is 5.75 Å². The minimum atomic E-state index is -0.185.